The number of carbonyl (C=O) groups excluding carboxylic acids is 1. The van der Waals surface area contributed by atoms with Crippen molar-refractivity contribution >= 4 is 5.91 Å². The number of nitrogens with zero attached hydrogens (tertiary/aromatic N) is 1. The van der Waals surface area contributed by atoms with E-state index < -0.39 is 0 Å². The zero-order chi connectivity index (χ0) is 12.0. The largest absolute Gasteiger partial charge is 0.481 e. The molecule has 0 saturated carbocycles. The fraction of sp³-hybridized carbons (Fsp3) is 0.500. The first-order valence-corrected chi connectivity index (χ1v) is 5.38. The summed E-state index contributed by atoms with van der Waals surface area (Å²) >= 11 is 0. The van der Waals surface area contributed by atoms with Crippen LogP contribution < -0.4 is 10.1 Å². The highest BCUT2D eigenvalue weighted by Gasteiger charge is 2.07. The third-order valence-corrected chi connectivity index (χ3v) is 2.11. The number of nitrogens with one attached hydrogen (secondary N) is 1. The Morgan fingerprint density at radius 3 is 2.94 bits per heavy atom. The van der Waals surface area contributed by atoms with Crippen molar-refractivity contribution in [2.24, 2.45) is 5.92 Å². The summed E-state index contributed by atoms with van der Waals surface area (Å²) in [5.74, 6) is 0.990. The first-order chi connectivity index (χ1) is 7.63. The van der Waals surface area contributed by atoms with Crippen LogP contribution in [-0.4, -0.2) is 18.0 Å². The molecule has 1 amide bonds. The first-order valence-electron chi connectivity index (χ1n) is 5.38. The molecule has 0 aliphatic carbocycles. The molecule has 0 aliphatic heterocycles. The van der Waals surface area contributed by atoms with Gasteiger partial charge in [0.2, 0.25) is 11.8 Å². The molecule has 0 saturated heterocycles. The van der Waals surface area contributed by atoms with Crippen LogP contribution in [0.4, 0.5) is 0 Å². The Balaban J connectivity index is 2.51. The monoisotopic (exact) mass is 222 g/mol. The van der Waals surface area contributed by atoms with E-state index in [4.69, 9.17) is 4.74 Å². The average Bonchev–Trinajstić information content (AvgIpc) is 2.26. The number of carbonyl (C=O) groups is 1. The Bertz CT molecular complexity index is 351. The number of amides is 1. The van der Waals surface area contributed by atoms with Crippen molar-refractivity contribution in [3.63, 3.8) is 0 Å². The van der Waals surface area contributed by atoms with E-state index in [9.17, 15) is 4.79 Å². The molecule has 1 heterocycles. The lowest BCUT2D eigenvalue weighted by Gasteiger charge is -2.09. The van der Waals surface area contributed by atoms with Gasteiger partial charge in [-0.2, -0.15) is 0 Å². The SMILES string of the molecule is COc1ncccc1CNC(=O)CC(C)C. The maximum atomic E-state index is 11.5. The molecule has 16 heavy (non-hydrogen) atoms. The molecule has 0 fully saturated rings. The van der Waals surface area contributed by atoms with Gasteiger partial charge in [0.1, 0.15) is 0 Å². The topological polar surface area (TPSA) is 51.2 Å². The molecule has 0 aliphatic rings. The number of rotatable bonds is 5. The molecular formula is C12H18N2O2. The van der Waals surface area contributed by atoms with Crippen molar-refractivity contribution in [1.29, 1.82) is 0 Å². The zero-order valence-electron chi connectivity index (χ0n) is 9.99. The fourth-order valence-electron chi connectivity index (χ4n) is 1.38. The molecule has 0 atom stereocenters. The van der Waals surface area contributed by atoms with Crippen LogP contribution in [0.25, 0.3) is 0 Å². The fourth-order valence-corrected chi connectivity index (χ4v) is 1.38. The van der Waals surface area contributed by atoms with Crippen molar-refractivity contribution in [2.75, 3.05) is 7.11 Å². The Labute approximate surface area is 96.0 Å². The number of ether oxygens (including phenoxy) is 1. The summed E-state index contributed by atoms with van der Waals surface area (Å²) in [6.45, 7) is 4.50. The van der Waals surface area contributed by atoms with E-state index in [1.165, 1.54) is 0 Å². The van der Waals surface area contributed by atoms with Gasteiger partial charge in [0.25, 0.3) is 0 Å². The smallest absolute Gasteiger partial charge is 0.220 e. The van der Waals surface area contributed by atoms with Crippen molar-refractivity contribution in [1.82, 2.24) is 10.3 Å². The summed E-state index contributed by atoms with van der Waals surface area (Å²) in [4.78, 5) is 15.5. The van der Waals surface area contributed by atoms with Crippen LogP contribution in [0.5, 0.6) is 5.88 Å². The Kier molecular flexibility index (Phi) is 4.76. The van der Waals surface area contributed by atoms with E-state index in [1.807, 2.05) is 26.0 Å². The van der Waals surface area contributed by atoms with Crippen molar-refractivity contribution in [3.8, 4) is 5.88 Å². The molecule has 1 aromatic rings. The predicted octanol–water partition coefficient (Wildman–Crippen LogP) is 1.75. The van der Waals surface area contributed by atoms with Gasteiger partial charge in [-0.3, -0.25) is 4.79 Å². The molecule has 1 N–H and O–H groups in total. The van der Waals surface area contributed by atoms with Gasteiger partial charge in [-0.1, -0.05) is 19.9 Å². The lowest BCUT2D eigenvalue weighted by atomic mass is 10.1. The Morgan fingerprint density at radius 2 is 2.31 bits per heavy atom. The van der Waals surface area contributed by atoms with Crippen LogP contribution in [0.1, 0.15) is 25.8 Å². The lowest BCUT2D eigenvalue weighted by Crippen LogP contribution is -2.24. The van der Waals surface area contributed by atoms with E-state index in [-0.39, 0.29) is 5.91 Å². The molecule has 4 heteroatoms. The van der Waals surface area contributed by atoms with Gasteiger partial charge < -0.3 is 10.1 Å². The van der Waals surface area contributed by atoms with Crippen molar-refractivity contribution < 1.29 is 9.53 Å². The number of pyridine rings is 1. The lowest BCUT2D eigenvalue weighted by molar-refractivity contribution is -0.121. The quantitative estimate of drug-likeness (QED) is 0.825. The molecule has 1 aromatic heterocycles. The molecule has 4 nitrogen and oxygen atoms in total. The highest BCUT2D eigenvalue weighted by molar-refractivity contribution is 5.76. The maximum Gasteiger partial charge on any atom is 0.220 e. The van der Waals surface area contributed by atoms with E-state index in [0.29, 0.717) is 24.8 Å². The van der Waals surface area contributed by atoms with Crippen molar-refractivity contribution in [3.05, 3.63) is 23.9 Å². The third kappa shape index (κ3) is 3.88. The van der Waals surface area contributed by atoms with E-state index in [0.717, 1.165) is 5.56 Å². The highest BCUT2D eigenvalue weighted by Crippen LogP contribution is 2.12. The van der Waals surface area contributed by atoms with E-state index in [2.05, 4.69) is 10.3 Å². The zero-order valence-corrected chi connectivity index (χ0v) is 9.99. The molecule has 0 aromatic carbocycles. The second-order valence-corrected chi connectivity index (χ2v) is 4.05. The van der Waals surface area contributed by atoms with Crippen LogP contribution in [0.15, 0.2) is 18.3 Å². The van der Waals surface area contributed by atoms with Gasteiger partial charge >= 0.3 is 0 Å². The average molecular weight is 222 g/mol. The van der Waals surface area contributed by atoms with E-state index >= 15 is 0 Å². The Morgan fingerprint density at radius 1 is 1.56 bits per heavy atom. The second-order valence-electron chi connectivity index (χ2n) is 4.05. The van der Waals surface area contributed by atoms with E-state index in [1.54, 1.807) is 13.3 Å². The standard InChI is InChI=1S/C12H18N2O2/c1-9(2)7-11(15)14-8-10-5-4-6-13-12(10)16-3/h4-6,9H,7-8H2,1-3H3,(H,14,15). The number of hydrogen-bond donors (Lipinski definition) is 1. The second kappa shape index (κ2) is 6.10. The maximum absolute atomic E-state index is 11.5. The van der Waals surface area contributed by atoms with Gasteiger partial charge in [-0.25, -0.2) is 4.98 Å². The highest BCUT2D eigenvalue weighted by atomic mass is 16.5. The molecular weight excluding hydrogens is 204 g/mol. The Hall–Kier alpha value is -1.58. The summed E-state index contributed by atoms with van der Waals surface area (Å²) < 4.78 is 5.10. The number of aromatic nitrogens is 1. The van der Waals surface area contributed by atoms with Crippen molar-refractivity contribution in [2.45, 2.75) is 26.8 Å². The normalized spacial score (nSPS) is 10.2. The third-order valence-electron chi connectivity index (χ3n) is 2.11. The molecule has 88 valence electrons. The number of methoxy groups -OCH3 is 1. The molecule has 1 rings (SSSR count). The van der Waals surface area contributed by atoms with Gasteiger partial charge in [0.15, 0.2) is 0 Å². The summed E-state index contributed by atoms with van der Waals surface area (Å²) in [5, 5.41) is 2.85. The minimum Gasteiger partial charge on any atom is -0.481 e. The summed E-state index contributed by atoms with van der Waals surface area (Å²) in [7, 11) is 1.57. The summed E-state index contributed by atoms with van der Waals surface area (Å²) in [6.07, 6.45) is 2.21. The van der Waals surface area contributed by atoms with Crippen LogP contribution in [0, 0.1) is 5.92 Å². The molecule has 0 radical (unpaired) electrons. The van der Waals surface area contributed by atoms with Gasteiger partial charge in [-0.05, 0) is 12.0 Å². The van der Waals surface area contributed by atoms with Crippen LogP contribution in [-0.2, 0) is 11.3 Å². The van der Waals surface area contributed by atoms with Crippen LogP contribution >= 0.6 is 0 Å². The number of hydrogen-bond acceptors (Lipinski definition) is 3. The predicted molar refractivity (Wildman–Crippen MR) is 62.1 cm³/mol. The van der Waals surface area contributed by atoms with Gasteiger partial charge in [-0.15, -0.1) is 0 Å². The minimum absolute atomic E-state index is 0.0564. The molecule has 0 spiro atoms. The summed E-state index contributed by atoms with van der Waals surface area (Å²) in [6, 6.07) is 3.72. The van der Waals surface area contributed by atoms with Gasteiger partial charge in [0.05, 0.1) is 7.11 Å². The molecule has 0 unspecified atom stereocenters. The molecule has 0 bridgehead atoms. The van der Waals surface area contributed by atoms with Gasteiger partial charge in [0, 0.05) is 24.7 Å². The minimum atomic E-state index is 0.0564. The van der Waals surface area contributed by atoms with Crippen LogP contribution in [0.2, 0.25) is 0 Å². The van der Waals surface area contributed by atoms with Crippen LogP contribution in [0.3, 0.4) is 0 Å². The summed E-state index contributed by atoms with van der Waals surface area (Å²) in [5.41, 5.74) is 0.891. The first kappa shape index (κ1) is 12.5.